The van der Waals surface area contributed by atoms with Crippen molar-refractivity contribution in [3.05, 3.63) is 30.3 Å². The Balaban J connectivity index is 2.06. The van der Waals surface area contributed by atoms with Gasteiger partial charge in [0, 0.05) is 19.8 Å². The number of imide groups is 1. The van der Waals surface area contributed by atoms with Crippen molar-refractivity contribution < 1.29 is 14.4 Å². The number of hydrogen-bond acceptors (Lipinski definition) is 3. The normalized spacial score (nSPS) is 15.1. The maximum Gasteiger partial charge on any atom is 0.327 e. The summed E-state index contributed by atoms with van der Waals surface area (Å²) in [5.41, 5.74) is 0.722. The fourth-order valence-electron chi connectivity index (χ4n) is 1.86. The fourth-order valence-corrected chi connectivity index (χ4v) is 1.86. The molecule has 1 fully saturated rings. The summed E-state index contributed by atoms with van der Waals surface area (Å²) in [5.74, 6) is -0.648. The largest absolute Gasteiger partial charge is 0.327 e. The second-order valence-corrected chi connectivity index (χ2v) is 4.41. The van der Waals surface area contributed by atoms with Gasteiger partial charge in [-0.2, -0.15) is 0 Å². The minimum Gasteiger partial charge on any atom is -0.318 e. The SMILES string of the molecule is CN1CC(=O)N(CC(=O)N(C)c2ccccc2)C1=O. The van der Waals surface area contributed by atoms with E-state index in [4.69, 9.17) is 0 Å². The van der Waals surface area contributed by atoms with Crippen molar-refractivity contribution in [2.75, 3.05) is 32.1 Å². The van der Waals surface area contributed by atoms with E-state index in [-0.39, 0.29) is 24.9 Å². The molecule has 1 heterocycles. The summed E-state index contributed by atoms with van der Waals surface area (Å²) in [7, 11) is 3.15. The van der Waals surface area contributed by atoms with E-state index in [1.807, 2.05) is 18.2 Å². The van der Waals surface area contributed by atoms with Gasteiger partial charge in [-0.25, -0.2) is 4.79 Å². The minimum atomic E-state index is -0.431. The molecule has 6 nitrogen and oxygen atoms in total. The van der Waals surface area contributed by atoms with Crippen molar-refractivity contribution in [3.8, 4) is 0 Å². The van der Waals surface area contributed by atoms with Gasteiger partial charge in [-0.1, -0.05) is 18.2 Å². The van der Waals surface area contributed by atoms with Crippen LogP contribution in [0.2, 0.25) is 0 Å². The van der Waals surface area contributed by atoms with Gasteiger partial charge in [-0.15, -0.1) is 0 Å². The standard InChI is InChI=1S/C13H15N3O3/c1-14-8-12(18)16(13(14)19)9-11(17)15(2)10-6-4-3-5-7-10/h3-7H,8-9H2,1-2H3. The molecule has 0 N–H and O–H groups in total. The Kier molecular flexibility index (Phi) is 3.50. The zero-order valence-electron chi connectivity index (χ0n) is 10.9. The average Bonchev–Trinajstić information content (AvgIpc) is 2.65. The van der Waals surface area contributed by atoms with Crippen LogP contribution in [0.25, 0.3) is 0 Å². The Morgan fingerprint density at radius 1 is 1.26 bits per heavy atom. The summed E-state index contributed by atoms with van der Waals surface area (Å²) in [6.45, 7) is -0.200. The van der Waals surface area contributed by atoms with Crippen molar-refractivity contribution >= 4 is 23.5 Å². The summed E-state index contributed by atoms with van der Waals surface area (Å²) in [6.07, 6.45) is 0. The van der Waals surface area contributed by atoms with Crippen LogP contribution in [0.3, 0.4) is 0 Å². The number of para-hydroxylation sites is 1. The van der Waals surface area contributed by atoms with E-state index < -0.39 is 6.03 Å². The molecule has 4 amide bonds. The van der Waals surface area contributed by atoms with Gasteiger partial charge in [-0.05, 0) is 12.1 Å². The molecule has 1 aliphatic heterocycles. The quantitative estimate of drug-likeness (QED) is 0.746. The van der Waals surface area contributed by atoms with Gasteiger partial charge in [0.1, 0.15) is 13.1 Å². The Bertz CT molecular complexity index is 515. The molecule has 0 aromatic heterocycles. The highest BCUT2D eigenvalue weighted by molar-refractivity contribution is 6.06. The molecule has 1 saturated heterocycles. The van der Waals surface area contributed by atoms with Crippen molar-refractivity contribution in [1.29, 1.82) is 0 Å². The highest BCUT2D eigenvalue weighted by Gasteiger charge is 2.35. The van der Waals surface area contributed by atoms with Gasteiger partial charge in [0.25, 0.3) is 5.91 Å². The molecule has 2 rings (SSSR count). The highest BCUT2D eigenvalue weighted by atomic mass is 16.2. The number of nitrogens with zero attached hydrogens (tertiary/aromatic N) is 3. The predicted molar refractivity (Wildman–Crippen MR) is 69.6 cm³/mol. The number of likely N-dealkylation sites (N-methyl/N-ethyl adjacent to an activating group) is 2. The van der Waals surface area contributed by atoms with Crippen LogP contribution in [-0.2, 0) is 9.59 Å². The maximum absolute atomic E-state index is 12.1. The summed E-state index contributed by atoms with van der Waals surface area (Å²) >= 11 is 0. The molecule has 1 aliphatic rings. The van der Waals surface area contributed by atoms with Crippen LogP contribution in [0, 0.1) is 0 Å². The van der Waals surface area contributed by atoms with E-state index in [9.17, 15) is 14.4 Å². The van der Waals surface area contributed by atoms with Crippen LogP contribution in [0.15, 0.2) is 30.3 Å². The van der Waals surface area contributed by atoms with Gasteiger partial charge in [0.15, 0.2) is 0 Å². The number of hydrogen-bond donors (Lipinski definition) is 0. The number of amides is 4. The molecule has 0 aliphatic carbocycles. The highest BCUT2D eigenvalue weighted by Crippen LogP contribution is 2.13. The third kappa shape index (κ3) is 2.57. The first-order valence-corrected chi connectivity index (χ1v) is 5.88. The number of anilines is 1. The van der Waals surface area contributed by atoms with Gasteiger partial charge < -0.3 is 9.80 Å². The number of carbonyl (C=O) groups excluding carboxylic acids is 3. The second kappa shape index (κ2) is 5.09. The Labute approximate surface area is 111 Å². The first kappa shape index (κ1) is 13.1. The number of rotatable bonds is 3. The molecule has 0 radical (unpaired) electrons. The van der Waals surface area contributed by atoms with Crippen LogP contribution in [0.4, 0.5) is 10.5 Å². The van der Waals surface area contributed by atoms with E-state index in [1.54, 1.807) is 19.2 Å². The van der Waals surface area contributed by atoms with Crippen LogP contribution in [-0.4, -0.2) is 54.8 Å². The van der Waals surface area contributed by atoms with Crippen molar-refractivity contribution in [2.24, 2.45) is 0 Å². The van der Waals surface area contributed by atoms with Crippen LogP contribution in [0.5, 0.6) is 0 Å². The van der Waals surface area contributed by atoms with Gasteiger partial charge in [-0.3, -0.25) is 14.5 Å². The lowest BCUT2D eigenvalue weighted by molar-refractivity contribution is -0.129. The van der Waals surface area contributed by atoms with E-state index >= 15 is 0 Å². The van der Waals surface area contributed by atoms with Crippen LogP contribution >= 0.6 is 0 Å². The zero-order chi connectivity index (χ0) is 14.0. The van der Waals surface area contributed by atoms with Gasteiger partial charge in [0.2, 0.25) is 5.91 Å². The summed E-state index contributed by atoms with van der Waals surface area (Å²) in [6, 6.07) is 8.64. The smallest absolute Gasteiger partial charge is 0.318 e. The van der Waals surface area contributed by atoms with Gasteiger partial charge >= 0.3 is 6.03 Å². The number of benzene rings is 1. The van der Waals surface area contributed by atoms with E-state index in [0.29, 0.717) is 0 Å². The van der Waals surface area contributed by atoms with E-state index in [2.05, 4.69) is 0 Å². The summed E-state index contributed by atoms with van der Waals surface area (Å²) < 4.78 is 0. The predicted octanol–water partition coefficient (Wildman–Crippen LogP) is 0.543. The van der Waals surface area contributed by atoms with Crippen LogP contribution in [0.1, 0.15) is 0 Å². The molecule has 6 heteroatoms. The average molecular weight is 261 g/mol. The van der Waals surface area contributed by atoms with Crippen LogP contribution < -0.4 is 4.90 Å². The summed E-state index contributed by atoms with van der Waals surface area (Å²) in [4.78, 5) is 39.0. The first-order valence-electron chi connectivity index (χ1n) is 5.88. The molecule has 0 atom stereocenters. The number of urea groups is 1. The van der Waals surface area contributed by atoms with Crippen molar-refractivity contribution in [1.82, 2.24) is 9.80 Å². The van der Waals surface area contributed by atoms with Crippen molar-refractivity contribution in [3.63, 3.8) is 0 Å². The van der Waals surface area contributed by atoms with Crippen molar-refractivity contribution in [2.45, 2.75) is 0 Å². The molecule has 0 saturated carbocycles. The lowest BCUT2D eigenvalue weighted by atomic mass is 10.3. The Morgan fingerprint density at radius 2 is 1.89 bits per heavy atom. The van der Waals surface area contributed by atoms with E-state index in [1.165, 1.54) is 16.8 Å². The molecule has 19 heavy (non-hydrogen) atoms. The minimum absolute atomic E-state index is 0.0289. The maximum atomic E-state index is 12.1. The number of carbonyl (C=O) groups is 3. The molecular formula is C13H15N3O3. The lowest BCUT2D eigenvalue weighted by Crippen LogP contribution is -2.41. The lowest BCUT2D eigenvalue weighted by Gasteiger charge is -2.20. The Hall–Kier alpha value is -2.37. The third-order valence-corrected chi connectivity index (χ3v) is 3.04. The molecule has 0 bridgehead atoms. The summed E-state index contributed by atoms with van der Waals surface area (Å²) in [5, 5.41) is 0. The first-order chi connectivity index (χ1) is 9.00. The van der Waals surface area contributed by atoms with E-state index in [0.717, 1.165) is 10.6 Å². The molecule has 1 aromatic rings. The second-order valence-electron chi connectivity index (χ2n) is 4.41. The third-order valence-electron chi connectivity index (χ3n) is 3.04. The zero-order valence-corrected chi connectivity index (χ0v) is 10.9. The molecule has 1 aromatic carbocycles. The molecule has 100 valence electrons. The van der Waals surface area contributed by atoms with Gasteiger partial charge in [0.05, 0.1) is 0 Å². The molecular weight excluding hydrogens is 246 g/mol. The Morgan fingerprint density at radius 3 is 2.42 bits per heavy atom. The fraction of sp³-hybridized carbons (Fsp3) is 0.308. The monoisotopic (exact) mass is 261 g/mol. The molecule has 0 unspecified atom stereocenters. The molecule has 0 spiro atoms. The topological polar surface area (TPSA) is 60.9 Å².